The minimum atomic E-state index is -0.525. The molecule has 0 radical (unpaired) electrons. The number of aliphatic hydroxyl groups excluding tert-OH is 2. The highest BCUT2D eigenvalue weighted by atomic mass is 16.3. The Morgan fingerprint density at radius 2 is 1.57 bits per heavy atom. The van der Waals surface area contributed by atoms with Gasteiger partial charge in [0.2, 0.25) is 0 Å². The second kappa shape index (κ2) is 4.53. The third-order valence-electron chi connectivity index (χ3n) is 9.25. The molecule has 132 valence electrons. The monoisotopic (exact) mass is 322 g/mol. The maximum atomic E-state index is 11.0. The molecule has 0 amide bonds. The maximum Gasteiger partial charge on any atom is 0.0648 e. The predicted molar refractivity (Wildman–Crippen MR) is 89.7 cm³/mol. The summed E-state index contributed by atoms with van der Waals surface area (Å²) in [5.74, 6) is 1.10. The molecule has 23 heavy (non-hydrogen) atoms. The van der Waals surface area contributed by atoms with Gasteiger partial charge in [-0.25, -0.2) is 0 Å². The molecule has 0 aromatic rings. The summed E-state index contributed by atoms with van der Waals surface area (Å²) >= 11 is 0. The Labute approximate surface area is 140 Å². The maximum absolute atomic E-state index is 11.0. The number of rotatable bonds is 0. The van der Waals surface area contributed by atoms with Crippen LogP contribution in [0.25, 0.3) is 0 Å². The van der Waals surface area contributed by atoms with Crippen LogP contribution in [0.3, 0.4) is 0 Å². The largest absolute Gasteiger partial charge is 0.393 e. The zero-order valence-electron chi connectivity index (χ0n) is 15.2. The van der Waals surface area contributed by atoms with Crippen LogP contribution < -0.4 is 0 Å². The van der Waals surface area contributed by atoms with E-state index in [-0.39, 0.29) is 34.4 Å². The van der Waals surface area contributed by atoms with Gasteiger partial charge in [-0.3, -0.25) is 0 Å². The van der Waals surface area contributed by atoms with Crippen molar-refractivity contribution in [2.45, 2.75) is 90.4 Å². The van der Waals surface area contributed by atoms with Crippen LogP contribution in [0.1, 0.15) is 72.6 Å². The fourth-order valence-corrected chi connectivity index (χ4v) is 7.92. The molecule has 0 saturated heterocycles. The van der Waals surface area contributed by atoms with E-state index in [1.54, 1.807) is 0 Å². The zero-order chi connectivity index (χ0) is 16.8. The molecule has 4 rings (SSSR count). The van der Waals surface area contributed by atoms with E-state index in [9.17, 15) is 15.3 Å². The topological polar surface area (TPSA) is 60.7 Å². The highest BCUT2D eigenvalue weighted by molar-refractivity contribution is 5.20. The first-order chi connectivity index (χ1) is 10.5. The molecular formula is C20H34O3. The van der Waals surface area contributed by atoms with Crippen molar-refractivity contribution >= 4 is 0 Å². The summed E-state index contributed by atoms with van der Waals surface area (Å²) in [4.78, 5) is 0. The van der Waals surface area contributed by atoms with Crippen molar-refractivity contribution in [3.05, 3.63) is 0 Å². The van der Waals surface area contributed by atoms with Crippen LogP contribution in [0, 0.1) is 34.0 Å². The van der Waals surface area contributed by atoms with Gasteiger partial charge >= 0.3 is 0 Å². The quantitative estimate of drug-likeness (QED) is 0.642. The van der Waals surface area contributed by atoms with E-state index in [0.29, 0.717) is 11.8 Å². The molecule has 1 spiro atoms. The average Bonchev–Trinajstić information content (AvgIpc) is 2.78. The Balaban J connectivity index is 1.80. The fraction of sp³-hybridized carbons (Fsp3) is 1.00. The molecule has 3 heteroatoms. The summed E-state index contributed by atoms with van der Waals surface area (Å²) in [6.07, 6.45) is 6.29. The van der Waals surface area contributed by atoms with E-state index in [2.05, 4.69) is 20.8 Å². The number of fused-ring (bicyclic) bond motifs is 2. The Morgan fingerprint density at radius 3 is 2.26 bits per heavy atom. The van der Waals surface area contributed by atoms with Crippen molar-refractivity contribution in [2.24, 2.45) is 34.0 Å². The summed E-state index contributed by atoms with van der Waals surface area (Å²) in [6, 6.07) is 0. The van der Waals surface area contributed by atoms with Gasteiger partial charge in [-0.2, -0.15) is 0 Å². The standard InChI is InChI=1S/C20H34O3/c1-17(2)15(22)5-6-18(3)16(17)14(21)10-12-9-13-11-20(12,18)8-7-19(13,4)23/h12-16,21-23H,5-11H2,1-4H3/t12-,13-,14-,15-,16+,18+,19-,20+/m1/s1. The molecule has 0 unspecified atom stereocenters. The SMILES string of the molecule is CC1(C)[C@H](O)CC[C@@]2(C)[C@H]1[C@H](O)C[C@H]1C[C@@H]3C[C@@]12CC[C@@]3(C)O. The highest BCUT2D eigenvalue weighted by Gasteiger charge is 2.71. The molecule has 8 atom stereocenters. The van der Waals surface area contributed by atoms with Gasteiger partial charge in [-0.15, -0.1) is 0 Å². The lowest BCUT2D eigenvalue weighted by molar-refractivity contribution is -0.235. The minimum absolute atomic E-state index is 0.0866. The Bertz CT molecular complexity index is 513. The Hall–Kier alpha value is -0.120. The van der Waals surface area contributed by atoms with E-state index in [1.165, 1.54) is 0 Å². The number of hydrogen-bond acceptors (Lipinski definition) is 3. The van der Waals surface area contributed by atoms with Crippen molar-refractivity contribution in [2.75, 3.05) is 0 Å². The van der Waals surface area contributed by atoms with E-state index < -0.39 is 5.60 Å². The van der Waals surface area contributed by atoms with Crippen molar-refractivity contribution in [3.8, 4) is 0 Å². The molecule has 4 fully saturated rings. The molecule has 3 nitrogen and oxygen atoms in total. The first-order valence-electron chi connectivity index (χ1n) is 9.63. The van der Waals surface area contributed by atoms with Gasteiger partial charge in [-0.05, 0) is 85.9 Å². The third kappa shape index (κ3) is 1.82. The van der Waals surface area contributed by atoms with Crippen molar-refractivity contribution in [1.29, 1.82) is 0 Å². The Kier molecular flexibility index (Phi) is 3.22. The molecule has 0 heterocycles. The molecule has 0 aliphatic heterocycles. The van der Waals surface area contributed by atoms with Crippen LogP contribution in [-0.4, -0.2) is 33.1 Å². The van der Waals surface area contributed by atoms with Crippen LogP contribution in [0.4, 0.5) is 0 Å². The van der Waals surface area contributed by atoms with Gasteiger partial charge in [0.25, 0.3) is 0 Å². The molecule has 2 bridgehead atoms. The van der Waals surface area contributed by atoms with E-state index >= 15 is 0 Å². The van der Waals surface area contributed by atoms with Crippen molar-refractivity contribution in [1.82, 2.24) is 0 Å². The molecule has 4 aliphatic carbocycles. The second-order valence-corrected chi connectivity index (χ2v) is 10.4. The van der Waals surface area contributed by atoms with Crippen LogP contribution in [0.15, 0.2) is 0 Å². The summed E-state index contributed by atoms with van der Waals surface area (Å²) in [6.45, 7) is 8.74. The molecule has 0 aromatic heterocycles. The molecule has 4 aliphatic rings. The second-order valence-electron chi connectivity index (χ2n) is 10.4. The van der Waals surface area contributed by atoms with Gasteiger partial charge in [-0.1, -0.05) is 20.8 Å². The van der Waals surface area contributed by atoms with Gasteiger partial charge in [0, 0.05) is 0 Å². The first-order valence-corrected chi connectivity index (χ1v) is 9.63. The van der Waals surface area contributed by atoms with E-state index in [4.69, 9.17) is 0 Å². The molecule has 0 aromatic carbocycles. The van der Waals surface area contributed by atoms with Gasteiger partial charge < -0.3 is 15.3 Å². The Morgan fingerprint density at radius 1 is 0.870 bits per heavy atom. The van der Waals surface area contributed by atoms with Crippen LogP contribution in [0.5, 0.6) is 0 Å². The van der Waals surface area contributed by atoms with Gasteiger partial charge in [0.1, 0.15) is 0 Å². The van der Waals surface area contributed by atoms with Crippen LogP contribution >= 0.6 is 0 Å². The van der Waals surface area contributed by atoms with E-state index in [1.807, 2.05) is 6.92 Å². The molecular weight excluding hydrogens is 288 g/mol. The van der Waals surface area contributed by atoms with Crippen LogP contribution in [0.2, 0.25) is 0 Å². The summed E-state index contributed by atoms with van der Waals surface area (Å²) in [5, 5.41) is 32.4. The summed E-state index contributed by atoms with van der Waals surface area (Å²) in [7, 11) is 0. The van der Waals surface area contributed by atoms with Crippen molar-refractivity contribution in [3.63, 3.8) is 0 Å². The van der Waals surface area contributed by atoms with Gasteiger partial charge in [0.15, 0.2) is 0 Å². The molecule has 4 saturated carbocycles. The zero-order valence-corrected chi connectivity index (χ0v) is 15.2. The van der Waals surface area contributed by atoms with Crippen LogP contribution in [-0.2, 0) is 0 Å². The lowest BCUT2D eigenvalue weighted by Gasteiger charge is -2.67. The lowest BCUT2D eigenvalue weighted by Crippen LogP contribution is -2.65. The lowest BCUT2D eigenvalue weighted by atomic mass is 9.38. The van der Waals surface area contributed by atoms with E-state index in [0.717, 1.165) is 44.9 Å². The number of hydrogen-bond donors (Lipinski definition) is 3. The normalized spacial score (nSPS) is 60.9. The smallest absolute Gasteiger partial charge is 0.0648 e. The third-order valence-corrected chi connectivity index (χ3v) is 9.25. The summed E-state index contributed by atoms with van der Waals surface area (Å²) < 4.78 is 0. The average molecular weight is 322 g/mol. The highest BCUT2D eigenvalue weighted by Crippen LogP contribution is 2.75. The minimum Gasteiger partial charge on any atom is -0.393 e. The molecule has 3 N–H and O–H groups in total. The first kappa shape index (κ1) is 16.4. The fourth-order valence-electron chi connectivity index (χ4n) is 7.92. The van der Waals surface area contributed by atoms with Crippen molar-refractivity contribution < 1.29 is 15.3 Å². The summed E-state index contributed by atoms with van der Waals surface area (Å²) in [5.41, 5.74) is -0.405. The predicted octanol–water partition coefficient (Wildman–Crippen LogP) is 3.11. The number of aliphatic hydroxyl groups is 3. The van der Waals surface area contributed by atoms with Gasteiger partial charge in [0.05, 0.1) is 17.8 Å².